The van der Waals surface area contributed by atoms with Crippen LogP contribution in [0.1, 0.15) is 47.5 Å². The Morgan fingerprint density at radius 2 is 1.36 bits per heavy atom. The maximum absolute atomic E-state index is 8.32. The first kappa shape index (κ1) is 13.5. The fourth-order valence-electron chi connectivity index (χ4n) is 0.500. The van der Waals surface area contributed by atoms with Crippen molar-refractivity contribution in [3.05, 3.63) is 0 Å². The van der Waals surface area contributed by atoms with E-state index >= 15 is 0 Å². The average Bonchev–Trinajstić information content (AvgIpc) is 1.82. The Morgan fingerprint density at radius 3 is 1.45 bits per heavy atom. The van der Waals surface area contributed by atoms with Crippen LogP contribution in [0.4, 0.5) is 0 Å². The molecule has 0 rings (SSSR count). The van der Waals surface area contributed by atoms with Crippen LogP contribution in [0.25, 0.3) is 0 Å². The van der Waals surface area contributed by atoms with Gasteiger partial charge in [-0.15, -0.1) is 0 Å². The van der Waals surface area contributed by atoms with Crippen molar-refractivity contribution in [2.24, 2.45) is 11.8 Å². The Kier molecular flexibility index (Phi) is 12.3. The van der Waals surface area contributed by atoms with Gasteiger partial charge in [-0.05, 0) is 24.7 Å². The largest absolute Gasteiger partial charge is 0.396 e. The molecule has 1 heteroatoms. The van der Waals surface area contributed by atoms with Gasteiger partial charge in [-0.2, -0.15) is 0 Å². The molecule has 0 saturated carbocycles. The van der Waals surface area contributed by atoms with Crippen LogP contribution in [0.5, 0.6) is 0 Å². The molecule has 0 radical (unpaired) electrons. The summed E-state index contributed by atoms with van der Waals surface area (Å²) < 4.78 is 0. The zero-order valence-corrected chi connectivity index (χ0v) is 8.72. The van der Waals surface area contributed by atoms with Gasteiger partial charge in [0.1, 0.15) is 0 Å². The Bertz CT molecular complexity index is 55.1. The zero-order valence-electron chi connectivity index (χ0n) is 8.72. The first-order valence-corrected chi connectivity index (χ1v) is 4.61. The molecular weight excluding hydrogens is 136 g/mol. The second-order valence-electron chi connectivity index (χ2n) is 3.99. The SMILES string of the molecule is CC(C)C.CC(C)CCCO. The molecule has 0 spiro atoms. The van der Waals surface area contributed by atoms with Crippen molar-refractivity contribution in [1.82, 2.24) is 0 Å². The van der Waals surface area contributed by atoms with Crippen molar-refractivity contribution in [2.45, 2.75) is 47.5 Å². The lowest BCUT2D eigenvalue weighted by Crippen LogP contribution is -1.89. The summed E-state index contributed by atoms with van der Waals surface area (Å²) in [4.78, 5) is 0. The topological polar surface area (TPSA) is 20.2 Å². The lowest BCUT2D eigenvalue weighted by atomic mass is 10.1. The van der Waals surface area contributed by atoms with Crippen LogP contribution in [0.15, 0.2) is 0 Å². The molecule has 0 fully saturated rings. The van der Waals surface area contributed by atoms with Gasteiger partial charge >= 0.3 is 0 Å². The molecule has 1 N–H and O–H groups in total. The zero-order chi connectivity index (χ0) is 9.28. The molecule has 0 atom stereocenters. The van der Waals surface area contributed by atoms with Crippen LogP contribution in [0.3, 0.4) is 0 Å². The third-order valence-electron chi connectivity index (χ3n) is 0.940. The number of rotatable bonds is 3. The first-order valence-electron chi connectivity index (χ1n) is 4.61. The third-order valence-corrected chi connectivity index (χ3v) is 0.940. The van der Waals surface area contributed by atoms with E-state index < -0.39 is 0 Å². The summed E-state index contributed by atoms with van der Waals surface area (Å²) in [5.74, 6) is 1.58. The molecule has 11 heavy (non-hydrogen) atoms. The number of hydrogen-bond acceptors (Lipinski definition) is 1. The molecule has 70 valence electrons. The molecule has 0 unspecified atom stereocenters. The fraction of sp³-hybridized carbons (Fsp3) is 1.00. The molecule has 0 saturated heterocycles. The maximum Gasteiger partial charge on any atom is 0.0431 e. The molecule has 0 aromatic carbocycles. The lowest BCUT2D eigenvalue weighted by molar-refractivity contribution is 0.276. The fourth-order valence-corrected chi connectivity index (χ4v) is 0.500. The summed E-state index contributed by atoms with van der Waals surface area (Å²) in [6, 6.07) is 0. The quantitative estimate of drug-likeness (QED) is 0.672. The molecule has 0 amide bonds. The van der Waals surface area contributed by atoms with E-state index in [1.54, 1.807) is 0 Å². The van der Waals surface area contributed by atoms with E-state index in [0.29, 0.717) is 6.61 Å². The monoisotopic (exact) mass is 160 g/mol. The Morgan fingerprint density at radius 1 is 1.00 bits per heavy atom. The smallest absolute Gasteiger partial charge is 0.0431 e. The van der Waals surface area contributed by atoms with E-state index in [1.165, 1.54) is 0 Å². The molecule has 0 aliphatic carbocycles. The summed E-state index contributed by atoms with van der Waals surface area (Å²) in [5.41, 5.74) is 0. The van der Waals surface area contributed by atoms with Gasteiger partial charge in [-0.25, -0.2) is 0 Å². The van der Waals surface area contributed by atoms with Gasteiger partial charge in [-0.1, -0.05) is 34.6 Å². The predicted octanol–water partition coefficient (Wildman–Crippen LogP) is 3.08. The van der Waals surface area contributed by atoms with Crippen LogP contribution in [-0.4, -0.2) is 11.7 Å². The van der Waals surface area contributed by atoms with E-state index in [2.05, 4.69) is 34.6 Å². The minimum atomic E-state index is 0.345. The summed E-state index contributed by atoms with van der Waals surface area (Å²) in [6.45, 7) is 11.2. The van der Waals surface area contributed by atoms with Crippen molar-refractivity contribution in [3.63, 3.8) is 0 Å². The standard InChI is InChI=1S/C6H14O.C4H10/c1-6(2)4-3-5-7;1-4(2)3/h6-7H,3-5H2,1-2H3;4H,1-3H3. The van der Waals surface area contributed by atoms with Crippen LogP contribution in [-0.2, 0) is 0 Å². The van der Waals surface area contributed by atoms with Crippen LogP contribution >= 0.6 is 0 Å². The molecular formula is C10H24O. The van der Waals surface area contributed by atoms with E-state index in [4.69, 9.17) is 5.11 Å². The normalized spacial score (nSPS) is 9.82. The molecule has 0 aromatic heterocycles. The van der Waals surface area contributed by atoms with Crippen molar-refractivity contribution in [1.29, 1.82) is 0 Å². The van der Waals surface area contributed by atoms with E-state index in [1.807, 2.05) is 0 Å². The molecule has 0 bridgehead atoms. The highest BCUT2D eigenvalue weighted by molar-refractivity contribution is 4.42. The van der Waals surface area contributed by atoms with E-state index in [9.17, 15) is 0 Å². The van der Waals surface area contributed by atoms with E-state index in [-0.39, 0.29) is 0 Å². The second kappa shape index (κ2) is 9.96. The molecule has 0 aliphatic rings. The summed E-state index contributed by atoms with van der Waals surface area (Å²) in [6.07, 6.45) is 2.11. The molecule has 1 nitrogen and oxygen atoms in total. The van der Waals surface area contributed by atoms with Gasteiger partial charge in [0.2, 0.25) is 0 Å². The van der Waals surface area contributed by atoms with Crippen LogP contribution in [0, 0.1) is 11.8 Å². The average molecular weight is 160 g/mol. The van der Waals surface area contributed by atoms with Crippen LogP contribution < -0.4 is 0 Å². The molecule has 0 aliphatic heterocycles. The third kappa shape index (κ3) is 40.2. The Hall–Kier alpha value is -0.0400. The number of hydrogen-bond donors (Lipinski definition) is 1. The van der Waals surface area contributed by atoms with Gasteiger partial charge in [0, 0.05) is 6.61 Å². The predicted molar refractivity (Wildman–Crippen MR) is 51.7 cm³/mol. The van der Waals surface area contributed by atoms with Gasteiger partial charge < -0.3 is 5.11 Å². The van der Waals surface area contributed by atoms with Gasteiger partial charge in [0.05, 0.1) is 0 Å². The number of aliphatic hydroxyl groups excluding tert-OH is 1. The highest BCUT2D eigenvalue weighted by Crippen LogP contribution is 2.00. The summed E-state index contributed by atoms with van der Waals surface area (Å²) in [5, 5.41) is 8.32. The molecule has 0 heterocycles. The lowest BCUT2D eigenvalue weighted by Gasteiger charge is -1.98. The number of aliphatic hydroxyl groups is 1. The molecule has 0 aromatic rings. The first-order chi connectivity index (χ1) is 5.00. The van der Waals surface area contributed by atoms with E-state index in [0.717, 1.165) is 24.7 Å². The highest BCUT2D eigenvalue weighted by Gasteiger charge is 1.89. The van der Waals surface area contributed by atoms with Crippen LogP contribution in [0.2, 0.25) is 0 Å². The summed E-state index contributed by atoms with van der Waals surface area (Å²) >= 11 is 0. The van der Waals surface area contributed by atoms with Crippen molar-refractivity contribution in [3.8, 4) is 0 Å². The highest BCUT2D eigenvalue weighted by atomic mass is 16.2. The van der Waals surface area contributed by atoms with Crippen molar-refractivity contribution >= 4 is 0 Å². The Labute approximate surface area is 71.8 Å². The van der Waals surface area contributed by atoms with Gasteiger partial charge in [0.15, 0.2) is 0 Å². The minimum absolute atomic E-state index is 0.345. The van der Waals surface area contributed by atoms with Crippen molar-refractivity contribution in [2.75, 3.05) is 6.61 Å². The van der Waals surface area contributed by atoms with Gasteiger partial charge in [0.25, 0.3) is 0 Å². The second-order valence-corrected chi connectivity index (χ2v) is 3.99. The minimum Gasteiger partial charge on any atom is -0.396 e. The van der Waals surface area contributed by atoms with Gasteiger partial charge in [-0.3, -0.25) is 0 Å². The summed E-state index contributed by atoms with van der Waals surface area (Å²) in [7, 11) is 0. The Balaban J connectivity index is 0. The maximum atomic E-state index is 8.32. The van der Waals surface area contributed by atoms with Crippen molar-refractivity contribution < 1.29 is 5.11 Å².